The van der Waals surface area contributed by atoms with Crippen molar-refractivity contribution in [2.75, 3.05) is 0 Å². The SMILES string of the molecule is N/C(=N/O)c1ccc(CSc2ncco2)c(F)c1. The summed E-state index contributed by atoms with van der Waals surface area (Å²) in [5.74, 6) is -0.151. The highest BCUT2D eigenvalue weighted by Gasteiger charge is 2.08. The number of hydrogen-bond donors (Lipinski definition) is 2. The molecule has 0 radical (unpaired) electrons. The molecule has 1 heterocycles. The van der Waals surface area contributed by atoms with E-state index in [4.69, 9.17) is 15.4 Å². The van der Waals surface area contributed by atoms with E-state index in [1.54, 1.807) is 12.1 Å². The normalized spacial score (nSPS) is 11.7. The number of amidine groups is 1. The highest BCUT2D eigenvalue weighted by molar-refractivity contribution is 7.98. The van der Waals surface area contributed by atoms with Crippen LogP contribution in [0.1, 0.15) is 11.1 Å². The van der Waals surface area contributed by atoms with Crippen molar-refractivity contribution in [2.45, 2.75) is 11.0 Å². The third-order valence-corrected chi connectivity index (χ3v) is 3.12. The molecule has 0 bridgehead atoms. The van der Waals surface area contributed by atoms with Crippen LogP contribution in [0.25, 0.3) is 0 Å². The standard InChI is InChI=1S/C11H10FN3O2S/c12-9-5-7(10(13)15-16)1-2-8(9)6-18-11-14-3-4-17-11/h1-5,16H,6H2,(H2,13,15). The molecule has 2 rings (SSSR count). The quantitative estimate of drug-likeness (QED) is 0.292. The van der Waals surface area contributed by atoms with E-state index < -0.39 is 5.82 Å². The molecule has 1 aromatic heterocycles. The lowest BCUT2D eigenvalue weighted by molar-refractivity contribution is 0.318. The Labute approximate surface area is 107 Å². The van der Waals surface area contributed by atoms with Crippen LogP contribution in [0.5, 0.6) is 0 Å². The van der Waals surface area contributed by atoms with Gasteiger partial charge in [-0.2, -0.15) is 0 Å². The lowest BCUT2D eigenvalue weighted by Crippen LogP contribution is -2.13. The van der Waals surface area contributed by atoms with Gasteiger partial charge in [-0.15, -0.1) is 0 Å². The third kappa shape index (κ3) is 2.80. The Morgan fingerprint density at radius 2 is 2.39 bits per heavy atom. The van der Waals surface area contributed by atoms with Gasteiger partial charge in [-0.25, -0.2) is 9.37 Å². The molecule has 0 saturated heterocycles. The molecule has 5 nitrogen and oxygen atoms in total. The number of oxazole rings is 1. The van der Waals surface area contributed by atoms with Crippen LogP contribution in [0.3, 0.4) is 0 Å². The molecule has 1 aromatic carbocycles. The maximum Gasteiger partial charge on any atom is 0.255 e. The van der Waals surface area contributed by atoms with Crippen molar-refractivity contribution < 1.29 is 14.0 Å². The fourth-order valence-electron chi connectivity index (χ4n) is 1.30. The van der Waals surface area contributed by atoms with Crippen LogP contribution < -0.4 is 5.73 Å². The second-order valence-electron chi connectivity index (χ2n) is 3.38. The molecule has 0 atom stereocenters. The molecule has 0 amide bonds. The summed E-state index contributed by atoms with van der Waals surface area (Å²) < 4.78 is 18.8. The first-order valence-corrected chi connectivity index (χ1v) is 5.98. The summed E-state index contributed by atoms with van der Waals surface area (Å²) >= 11 is 1.29. The first-order chi connectivity index (χ1) is 8.70. The number of halogens is 1. The van der Waals surface area contributed by atoms with Crippen LogP contribution in [0.2, 0.25) is 0 Å². The first-order valence-electron chi connectivity index (χ1n) is 4.99. The average molecular weight is 267 g/mol. The van der Waals surface area contributed by atoms with Gasteiger partial charge in [-0.1, -0.05) is 29.1 Å². The first kappa shape index (κ1) is 12.4. The van der Waals surface area contributed by atoms with E-state index in [2.05, 4.69) is 10.1 Å². The predicted molar refractivity (Wildman–Crippen MR) is 65.0 cm³/mol. The number of rotatable bonds is 4. The molecule has 0 saturated carbocycles. The minimum Gasteiger partial charge on any atom is -0.440 e. The van der Waals surface area contributed by atoms with Gasteiger partial charge in [0.1, 0.15) is 12.1 Å². The lowest BCUT2D eigenvalue weighted by Gasteiger charge is -2.04. The Kier molecular flexibility index (Phi) is 3.83. The van der Waals surface area contributed by atoms with Crippen molar-refractivity contribution >= 4 is 17.6 Å². The summed E-state index contributed by atoms with van der Waals surface area (Å²) in [5, 5.41) is 11.8. The average Bonchev–Trinajstić information content (AvgIpc) is 2.89. The Bertz CT molecular complexity index is 557. The minimum absolute atomic E-state index is 0.124. The Morgan fingerprint density at radius 1 is 1.56 bits per heavy atom. The number of benzene rings is 1. The van der Waals surface area contributed by atoms with Crippen molar-refractivity contribution in [1.82, 2.24) is 4.98 Å². The van der Waals surface area contributed by atoms with E-state index >= 15 is 0 Å². The number of thioether (sulfide) groups is 1. The molecule has 18 heavy (non-hydrogen) atoms. The van der Waals surface area contributed by atoms with Crippen molar-refractivity contribution in [3.05, 3.63) is 47.6 Å². The molecule has 0 aliphatic carbocycles. The molecule has 2 aromatic rings. The Morgan fingerprint density at radius 3 is 3.00 bits per heavy atom. The summed E-state index contributed by atoms with van der Waals surface area (Å²) in [5.41, 5.74) is 6.19. The van der Waals surface area contributed by atoms with Crippen molar-refractivity contribution in [1.29, 1.82) is 0 Å². The van der Waals surface area contributed by atoms with E-state index in [1.165, 1.54) is 30.3 Å². The smallest absolute Gasteiger partial charge is 0.255 e. The summed E-state index contributed by atoms with van der Waals surface area (Å²) in [6, 6.07) is 4.39. The zero-order chi connectivity index (χ0) is 13.0. The largest absolute Gasteiger partial charge is 0.440 e. The van der Waals surface area contributed by atoms with Gasteiger partial charge in [0.05, 0.1) is 6.20 Å². The van der Waals surface area contributed by atoms with Gasteiger partial charge < -0.3 is 15.4 Å². The zero-order valence-electron chi connectivity index (χ0n) is 9.21. The lowest BCUT2D eigenvalue weighted by atomic mass is 10.1. The molecular weight excluding hydrogens is 257 g/mol. The van der Waals surface area contributed by atoms with E-state index in [-0.39, 0.29) is 5.84 Å². The number of hydrogen-bond acceptors (Lipinski definition) is 5. The maximum atomic E-state index is 13.7. The fourth-order valence-corrected chi connectivity index (χ4v) is 2.07. The predicted octanol–water partition coefficient (Wildman–Crippen LogP) is 2.20. The van der Waals surface area contributed by atoms with Crippen molar-refractivity contribution in [3.63, 3.8) is 0 Å². The topological polar surface area (TPSA) is 84.6 Å². The van der Waals surface area contributed by atoms with E-state index in [0.29, 0.717) is 22.1 Å². The van der Waals surface area contributed by atoms with Gasteiger partial charge in [0.15, 0.2) is 5.84 Å². The molecule has 0 aliphatic rings. The van der Waals surface area contributed by atoms with Gasteiger partial charge in [-0.3, -0.25) is 0 Å². The molecule has 0 spiro atoms. The van der Waals surface area contributed by atoms with Gasteiger partial charge >= 0.3 is 0 Å². The number of nitrogens with two attached hydrogens (primary N) is 1. The Balaban J connectivity index is 2.10. The van der Waals surface area contributed by atoms with Crippen LogP contribution in [0.15, 0.2) is 45.5 Å². The second kappa shape index (κ2) is 5.54. The summed E-state index contributed by atoms with van der Waals surface area (Å²) in [7, 11) is 0. The highest BCUT2D eigenvalue weighted by atomic mass is 32.2. The third-order valence-electron chi connectivity index (χ3n) is 2.22. The molecule has 7 heteroatoms. The monoisotopic (exact) mass is 267 g/mol. The van der Waals surface area contributed by atoms with Crippen LogP contribution in [-0.4, -0.2) is 16.0 Å². The van der Waals surface area contributed by atoms with Crippen molar-refractivity contribution in [3.8, 4) is 0 Å². The summed E-state index contributed by atoms with van der Waals surface area (Å²) in [6.45, 7) is 0. The number of nitrogens with zero attached hydrogens (tertiary/aromatic N) is 2. The van der Waals surface area contributed by atoms with E-state index in [1.807, 2.05) is 0 Å². The van der Waals surface area contributed by atoms with Gasteiger partial charge in [0, 0.05) is 11.3 Å². The molecule has 3 N–H and O–H groups in total. The van der Waals surface area contributed by atoms with Crippen LogP contribution in [0.4, 0.5) is 4.39 Å². The van der Waals surface area contributed by atoms with E-state index in [0.717, 1.165) is 0 Å². The summed E-state index contributed by atoms with van der Waals surface area (Å²) in [6.07, 6.45) is 2.99. The van der Waals surface area contributed by atoms with Gasteiger partial charge in [0.25, 0.3) is 5.22 Å². The van der Waals surface area contributed by atoms with Gasteiger partial charge in [0.2, 0.25) is 0 Å². The van der Waals surface area contributed by atoms with Crippen LogP contribution in [-0.2, 0) is 5.75 Å². The molecule has 0 unspecified atom stereocenters. The maximum absolute atomic E-state index is 13.7. The van der Waals surface area contributed by atoms with Crippen molar-refractivity contribution in [2.24, 2.45) is 10.9 Å². The zero-order valence-corrected chi connectivity index (χ0v) is 10.0. The second-order valence-corrected chi connectivity index (χ2v) is 4.30. The number of oxime groups is 1. The molecule has 0 fully saturated rings. The van der Waals surface area contributed by atoms with E-state index in [9.17, 15) is 4.39 Å². The number of aromatic nitrogens is 1. The molecule has 94 valence electrons. The summed E-state index contributed by atoms with van der Waals surface area (Å²) in [4.78, 5) is 3.92. The van der Waals surface area contributed by atoms with Gasteiger partial charge in [-0.05, 0) is 11.6 Å². The highest BCUT2D eigenvalue weighted by Crippen LogP contribution is 2.22. The molecular formula is C11H10FN3O2S. The van der Waals surface area contributed by atoms with Crippen LogP contribution >= 0.6 is 11.8 Å². The minimum atomic E-state index is -0.418. The van der Waals surface area contributed by atoms with Crippen LogP contribution in [0, 0.1) is 5.82 Å². The molecule has 0 aliphatic heterocycles. The Hall–Kier alpha value is -2.02. The fraction of sp³-hybridized carbons (Fsp3) is 0.0909.